The maximum atomic E-state index is 12.7. The molecule has 0 spiro atoms. The van der Waals surface area contributed by atoms with Crippen LogP contribution in [-0.2, 0) is 14.8 Å². The minimum Gasteiger partial charge on any atom is -0.484 e. The molecule has 10 nitrogen and oxygen atoms in total. The second kappa shape index (κ2) is 9.62. The molecule has 0 unspecified atom stereocenters. The van der Waals surface area contributed by atoms with Crippen LogP contribution in [0.25, 0.3) is 0 Å². The Balaban J connectivity index is 1.52. The number of carbonyl (C=O) groups excluding carboxylic acids is 1. The van der Waals surface area contributed by atoms with Crippen LogP contribution in [0.2, 0.25) is 0 Å². The molecular formula is C19H18F3N3O7S. The number of nitrogens with zero attached hydrogens (tertiary/aromatic N) is 3. The number of non-ortho nitro benzene ring substituents is 1. The first kappa shape index (κ1) is 24.3. The van der Waals surface area contributed by atoms with E-state index in [9.17, 15) is 36.5 Å². The minimum absolute atomic E-state index is 0.00753. The van der Waals surface area contributed by atoms with E-state index in [1.807, 2.05) is 0 Å². The third kappa shape index (κ3) is 6.32. The van der Waals surface area contributed by atoms with E-state index in [1.165, 1.54) is 29.2 Å². The Labute approximate surface area is 186 Å². The smallest absolute Gasteiger partial charge is 0.484 e. The van der Waals surface area contributed by atoms with Crippen LogP contribution in [0.4, 0.5) is 18.9 Å². The molecule has 0 N–H and O–H groups in total. The number of rotatable bonds is 7. The van der Waals surface area contributed by atoms with Gasteiger partial charge in [-0.3, -0.25) is 14.9 Å². The Morgan fingerprint density at radius 1 is 0.970 bits per heavy atom. The number of nitro groups is 1. The number of piperazine rings is 1. The van der Waals surface area contributed by atoms with Crippen LogP contribution in [-0.4, -0.2) is 67.6 Å². The normalized spacial score (nSPS) is 15.2. The second-order valence-corrected chi connectivity index (χ2v) is 8.78. The predicted octanol–water partition coefficient (Wildman–Crippen LogP) is 2.41. The van der Waals surface area contributed by atoms with Gasteiger partial charge in [0.2, 0.25) is 10.0 Å². The first-order valence-corrected chi connectivity index (χ1v) is 10.9. The summed E-state index contributed by atoms with van der Waals surface area (Å²) in [4.78, 5) is 23.6. The highest BCUT2D eigenvalue weighted by atomic mass is 32.2. The lowest BCUT2D eigenvalue weighted by Crippen LogP contribution is -2.51. The monoisotopic (exact) mass is 489 g/mol. The quantitative estimate of drug-likeness (QED) is 0.433. The fraction of sp³-hybridized carbons (Fsp3) is 0.316. The number of hydrogen-bond acceptors (Lipinski definition) is 7. The number of nitro benzene ring substituents is 1. The molecule has 2 aromatic rings. The summed E-state index contributed by atoms with van der Waals surface area (Å²) < 4.78 is 72.4. The fourth-order valence-corrected chi connectivity index (χ4v) is 4.46. The van der Waals surface area contributed by atoms with E-state index in [1.54, 1.807) is 0 Å². The van der Waals surface area contributed by atoms with Gasteiger partial charge in [0.15, 0.2) is 6.61 Å². The summed E-state index contributed by atoms with van der Waals surface area (Å²) in [5.41, 5.74) is -0.117. The summed E-state index contributed by atoms with van der Waals surface area (Å²) in [6, 6.07) is 9.07. The van der Waals surface area contributed by atoms with Crippen molar-refractivity contribution >= 4 is 21.6 Å². The van der Waals surface area contributed by atoms with Gasteiger partial charge >= 0.3 is 6.36 Å². The molecule has 1 saturated heterocycles. The largest absolute Gasteiger partial charge is 0.573 e. The molecule has 178 valence electrons. The van der Waals surface area contributed by atoms with Gasteiger partial charge in [-0.15, -0.1) is 13.2 Å². The van der Waals surface area contributed by atoms with E-state index in [0.29, 0.717) is 0 Å². The van der Waals surface area contributed by atoms with Crippen LogP contribution in [0, 0.1) is 10.1 Å². The molecule has 0 radical (unpaired) electrons. The Morgan fingerprint density at radius 2 is 1.52 bits per heavy atom. The Kier molecular flexibility index (Phi) is 7.07. The molecule has 0 aromatic heterocycles. The first-order chi connectivity index (χ1) is 15.5. The van der Waals surface area contributed by atoms with Crippen LogP contribution >= 0.6 is 0 Å². The maximum Gasteiger partial charge on any atom is 0.573 e. The topological polar surface area (TPSA) is 119 Å². The number of hydrogen-bond donors (Lipinski definition) is 0. The van der Waals surface area contributed by atoms with Crippen molar-refractivity contribution in [2.45, 2.75) is 11.3 Å². The molecule has 1 fully saturated rings. The van der Waals surface area contributed by atoms with Gasteiger partial charge in [-0.25, -0.2) is 8.42 Å². The molecule has 0 atom stereocenters. The molecule has 3 rings (SSSR count). The predicted molar refractivity (Wildman–Crippen MR) is 107 cm³/mol. The molecule has 0 bridgehead atoms. The van der Waals surface area contributed by atoms with Crippen molar-refractivity contribution in [2.24, 2.45) is 0 Å². The Morgan fingerprint density at radius 3 is 2.03 bits per heavy atom. The van der Waals surface area contributed by atoms with Crippen molar-refractivity contribution in [3.63, 3.8) is 0 Å². The maximum absolute atomic E-state index is 12.7. The van der Waals surface area contributed by atoms with Crippen molar-refractivity contribution in [2.75, 3.05) is 32.8 Å². The van der Waals surface area contributed by atoms with Crippen LogP contribution in [0.3, 0.4) is 0 Å². The van der Waals surface area contributed by atoms with E-state index < -0.39 is 27.1 Å². The third-order valence-electron chi connectivity index (χ3n) is 4.70. The zero-order valence-electron chi connectivity index (χ0n) is 16.9. The van der Waals surface area contributed by atoms with Crippen LogP contribution in [0.5, 0.6) is 11.5 Å². The number of benzene rings is 2. The molecule has 0 aliphatic carbocycles. The van der Waals surface area contributed by atoms with Gasteiger partial charge in [0.05, 0.1) is 9.82 Å². The number of amides is 1. The molecule has 1 heterocycles. The second-order valence-electron chi connectivity index (χ2n) is 6.84. The van der Waals surface area contributed by atoms with Gasteiger partial charge in [-0.05, 0) is 36.4 Å². The van der Waals surface area contributed by atoms with E-state index in [2.05, 4.69) is 4.74 Å². The molecule has 1 aliphatic rings. The summed E-state index contributed by atoms with van der Waals surface area (Å²) in [6.45, 7) is -0.155. The van der Waals surface area contributed by atoms with Gasteiger partial charge in [-0.2, -0.15) is 4.31 Å². The zero-order valence-corrected chi connectivity index (χ0v) is 17.7. The summed E-state index contributed by atoms with van der Waals surface area (Å²) in [6.07, 6.45) is -4.88. The highest BCUT2D eigenvalue weighted by molar-refractivity contribution is 7.89. The average molecular weight is 489 g/mol. The van der Waals surface area contributed by atoms with Gasteiger partial charge in [-0.1, -0.05) is 0 Å². The van der Waals surface area contributed by atoms with Crippen LogP contribution in [0.15, 0.2) is 53.4 Å². The number of carbonyl (C=O) groups is 1. The van der Waals surface area contributed by atoms with Gasteiger partial charge < -0.3 is 14.4 Å². The van der Waals surface area contributed by atoms with Crippen molar-refractivity contribution in [3.8, 4) is 11.5 Å². The summed E-state index contributed by atoms with van der Waals surface area (Å²) in [5, 5.41) is 10.6. The molecular weight excluding hydrogens is 471 g/mol. The van der Waals surface area contributed by atoms with E-state index in [-0.39, 0.29) is 55.0 Å². The summed E-state index contributed by atoms with van der Waals surface area (Å²) in [5.74, 6) is -0.656. The van der Waals surface area contributed by atoms with Gasteiger partial charge in [0, 0.05) is 38.3 Å². The zero-order chi connectivity index (χ0) is 24.2. The summed E-state index contributed by atoms with van der Waals surface area (Å²) in [7, 11) is -3.97. The van der Waals surface area contributed by atoms with Crippen molar-refractivity contribution in [1.82, 2.24) is 9.21 Å². The molecule has 14 heteroatoms. The SMILES string of the molecule is O=C(COc1ccc([N+](=O)[O-])cc1)N1CCN(S(=O)(=O)c2ccc(OC(F)(F)F)cc2)CC1. The molecule has 1 aliphatic heterocycles. The number of sulfonamides is 1. The molecule has 1 amide bonds. The molecule has 0 saturated carbocycles. The first-order valence-electron chi connectivity index (χ1n) is 9.47. The lowest BCUT2D eigenvalue weighted by atomic mass is 10.3. The lowest BCUT2D eigenvalue weighted by Gasteiger charge is -2.34. The number of alkyl halides is 3. The van der Waals surface area contributed by atoms with E-state index in [0.717, 1.165) is 28.6 Å². The van der Waals surface area contributed by atoms with Crippen LogP contribution < -0.4 is 9.47 Å². The van der Waals surface area contributed by atoms with Gasteiger partial charge in [0.1, 0.15) is 11.5 Å². The number of ether oxygens (including phenoxy) is 2. The lowest BCUT2D eigenvalue weighted by molar-refractivity contribution is -0.384. The van der Waals surface area contributed by atoms with Crippen molar-refractivity contribution in [1.29, 1.82) is 0 Å². The Bertz CT molecular complexity index is 1100. The van der Waals surface area contributed by atoms with Gasteiger partial charge in [0.25, 0.3) is 11.6 Å². The Hall–Kier alpha value is -3.39. The highest BCUT2D eigenvalue weighted by Crippen LogP contribution is 2.25. The molecule has 2 aromatic carbocycles. The van der Waals surface area contributed by atoms with Crippen LogP contribution in [0.1, 0.15) is 0 Å². The minimum atomic E-state index is -4.88. The average Bonchev–Trinajstić information content (AvgIpc) is 2.77. The highest BCUT2D eigenvalue weighted by Gasteiger charge is 2.32. The number of halogens is 3. The van der Waals surface area contributed by atoms with Crippen molar-refractivity contribution in [3.05, 3.63) is 58.6 Å². The van der Waals surface area contributed by atoms with E-state index in [4.69, 9.17) is 4.74 Å². The van der Waals surface area contributed by atoms with Crippen molar-refractivity contribution < 1.29 is 40.8 Å². The summed E-state index contributed by atoms with van der Waals surface area (Å²) >= 11 is 0. The molecule has 33 heavy (non-hydrogen) atoms. The fourth-order valence-electron chi connectivity index (χ4n) is 3.04. The standard InChI is InChI=1S/C19H18F3N3O7S/c20-19(21,22)32-16-5-7-17(8-6-16)33(29,30)24-11-9-23(10-12-24)18(26)13-31-15-3-1-14(2-4-15)25(27)28/h1-8H,9-13H2. The third-order valence-corrected chi connectivity index (χ3v) is 6.61. The van der Waals surface area contributed by atoms with E-state index >= 15 is 0 Å².